The van der Waals surface area contributed by atoms with Gasteiger partial charge >= 0.3 is 0 Å². The van der Waals surface area contributed by atoms with E-state index in [0.29, 0.717) is 11.4 Å². The molecule has 0 amide bonds. The molecule has 1 unspecified atom stereocenters. The zero-order valence-electron chi connectivity index (χ0n) is 14.3. The van der Waals surface area contributed by atoms with Gasteiger partial charge in [-0.05, 0) is 47.3 Å². The molecule has 1 rings (SSSR count). The molecule has 0 aromatic heterocycles. The summed E-state index contributed by atoms with van der Waals surface area (Å²) < 4.78 is 0.825. The summed E-state index contributed by atoms with van der Waals surface area (Å²) in [6, 6.07) is 3.65. The number of nitrogens with zero attached hydrogens (tertiary/aromatic N) is 2. The highest BCUT2D eigenvalue weighted by Gasteiger charge is 2.18. The highest BCUT2D eigenvalue weighted by atomic mass is 79.9. The first-order valence-corrected chi connectivity index (χ1v) is 9.32. The molecule has 0 spiro atoms. The molecule has 0 aliphatic carbocycles. The van der Waals surface area contributed by atoms with Crippen LogP contribution >= 0.6 is 27.5 Å². The third-order valence-corrected chi connectivity index (χ3v) is 4.54. The van der Waals surface area contributed by atoms with Gasteiger partial charge in [0.25, 0.3) is 0 Å². The molecule has 1 aromatic rings. The first-order chi connectivity index (χ1) is 10.6. The van der Waals surface area contributed by atoms with Gasteiger partial charge in [0, 0.05) is 28.8 Å². The van der Waals surface area contributed by atoms with E-state index in [2.05, 4.69) is 39.9 Å². The fourth-order valence-corrected chi connectivity index (χ4v) is 2.98. The molecule has 0 saturated heterocycles. The van der Waals surface area contributed by atoms with Crippen LogP contribution in [0.4, 0.5) is 5.69 Å². The molecule has 1 atom stereocenters. The maximum Gasteiger partial charge on any atom is 0.118 e. The fourth-order valence-electron chi connectivity index (χ4n) is 2.28. The highest BCUT2D eigenvalue weighted by molar-refractivity contribution is 9.10. The van der Waals surface area contributed by atoms with Gasteiger partial charge in [0.1, 0.15) is 6.04 Å². The van der Waals surface area contributed by atoms with Crippen LogP contribution in [0, 0.1) is 4.91 Å². The van der Waals surface area contributed by atoms with E-state index in [4.69, 9.17) is 11.6 Å². The minimum Gasteiger partial charge on any atom is -0.372 e. The molecule has 0 heterocycles. The predicted molar refractivity (Wildman–Crippen MR) is 102 cm³/mol. The minimum absolute atomic E-state index is 0.385. The summed E-state index contributed by atoms with van der Waals surface area (Å²) in [6.45, 7) is 12.3. The molecule has 126 valence electrons. The van der Waals surface area contributed by atoms with Crippen molar-refractivity contribution < 1.29 is 0 Å². The SMILES string of the molecule is CC.CCCN(CCC)c1cc(Br)c(Cl)c(C(CC)N=O)c1. The van der Waals surface area contributed by atoms with Gasteiger partial charge < -0.3 is 4.90 Å². The summed E-state index contributed by atoms with van der Waals surface area (Å²) in [6.07, 6.45) is 2.82. The number of hydrogen-bond donors (Lipinski definition) is 0. The van der Waals surface area contributed by atoms with Crippen LogP contribution in [0.1, 0.15) is 65.5 Å². The van der Waals surface area contributed by atoms with Crippen LogP contribution < -0.4 is 4.90 Å². The van der Waals surface area contributed by atoms with Gasteiger partial charge in [-0.15, -0.1) is 0 Å². The minimum atomic E-state index is -0.385. The zero-order valence-corrected chi connectivity index (χ0v) is 16.7. The number of halogens is 2. The van der Waals surface area contributed by atoms with Crippen molar-refractivity contribution in [1.29, 1.82) is 0 Å². The standard InChI is InChI=1S/C15H22BrClN2O.C2H6/c1-4-7-19(8-5-2)11-9-12(14(6-3)18-20)15(17)13(16)10-11;1-2/h9-10,14H,4-8H2,1-3H3;1-2H3. The lowest BCUT2D eigenvalue weighted by Crippen LogP contribution is -2.25. The molecule has 5 heteroatoms. The first-order valence-electron chi connectivity index (χ1n) is 8.15. The molecule has 0 radical (unpaired) electrons. The average Bonchev–Trinajstić information content (AvgIpc) is 2.54. The van der Waals surface area contributed by atoms with Gasteiger partial charge in [-0.2, -0.15) is 4.91 Å². The Bertz CT molecular complexity index is 449. The van der Waals surface area contributed by atoms with Crippen molar-refractivity contribution in [3.8, 4) is 0 Å². The Morgan fingerprint density at radius 2 is 1.73 bits per heavy atom. The van der Waals surface area contributed by atoms with E-state index >= 15 is 0 Å². The Labute approximate surface area is 148 Å². The Hall–Kier alpha value is -0.610. The third kappa shape index (κ3) is 5.88. The molecule has 0 aliphatic rings. The second-order valence-corrected chi connectivity index (χ2v) is 6.08. The first kappa shape index (κ1) is 21.4. The molecule has 3 nitrogen and oxygen atoms in total. The maximum absolute atomic E-state index is 11.0. The van der Waals surface area contributed by atoms with Crippen LogP contribution in [-0.4, -0.2) is 13.1 Å². The van der Waals surface area contributed by atoms with Crippen molar-refractivity contribution in [2.24, 2.45) is 5.18 Å². The molecule has 22 heavy (non-hydrogen) atoms. The van der Waals surface area contributed by atoms with Gasteiger partial charge in [-0.25, -0.2) is 0 Å². The van der Waals surface area contributed by atoms with Gasteiger partial charge in [0.15, 0.2) is 0 Å². The van der Waals surface area contributed by atoms with Crippen molar-refractivity contribution in [3.05, 3.63) is 32.1 Å². The molecule has 0 saturated carbocycles. The summed E-state index contributed by atoms with van der Waals surface area (Å²) in [4.78, 5) is 13.3. The smallest absolute Gasteiger partial charge is 0.118 e. The number of rotatable bonds is 8. The van der Waals surface area contributed by atoms with Crippen molar-refractivity contribution >= 4 is 33.2 Å². The van der Waals surface area contributed by atoms with Crippen molar-refractivity contribution in [2.45, 2.75) is 59.9 Å². The summed E-state index contributed by atoms with van der Waals surface area (Å²) >= 11 is 9.80. The van der Waals surface area contributed by atoms with E-state index in [0.717, 1.165) is 41.7 Å². The number of anilines is 1. The highest BCUT2D eigenvalue weighted by Crippen LogP contribution is 2.37. The summed E-state index contributed by atoms with van der Waals surface area (Å²) in [5.41, 5.74) is 1.91. The van der Waals surface area contributed by atoms with Gasteiger partial charge in [0.2, 0.25) is 0 Å². The maximum atomic E-state index is 11.0. The summed E-state index contributed by atoms with van der Waals surface area (Å²) in [7, 11) is 0. The Balaban J connectivity index is 0.00000211. The van der Waals surface area contributed by atoms with Crippen LogP contribution in [0.25, 0.3) is 0 Å². The molecule has 0 bridgehead atoms. The quantitative estimate of drug-likeness (QED) is 0.448. The number of hydrogen-bond acceptors (Lipinski definition) is 3. The normalized spacial score (nSPS) is 11.4. The lowest BCUT2D eigenvalue weighted by molar-refractivity contribution is 0.692. The fraction of sp³-hybridized carbons (Fsp3) is 0.647. The predicted octanol–water partition coefficient (Wildman–Crippen LogP) is 6.97. The molecule has 1 aromatic carbocycles. The van der Waals surface area contributed by atoms with Gasteiger partial charge in [0.05, 0.1) is 5.02 Å². The Morgan fingerprint density at radius 3 is 2.14 bits per heavy atom. The monoisotopic (exact) mass is 390 g/mol. The average molecular weight is 392 g/mol. The molecule has 0 fully saturated rings. The largest absolute Gasteiger partial charge is 0.372 e. The topological polar surface area (TPSA) is 32.7 Å². The van der Waals surface area contributed by atoms with E-state index in [9.17, 15) is 4.91 Å². The van der Waals surface area contributed by atoms with Crippen LogP contribution in [0.2, 0.25) is 5.02 Å². The Morgan fingerprint density at radius 1 is 1.18 bits per heavy atom. The van der Waals surface area contributed by atoms with E-state index in [-0.39, 0.29) is 6.04 Å². The van der Waals surface area contributed by atoms with Crippen molar-refractivity contribution in [1.82, 2.24) is 0 Å². The van der Waals surface area contributed by atoms with Crippen molar-refractivity contribution in [3.63, 3.8) is 0 Å². The number of nitroso groups, excluding NO2 is 1. The van der Waals surface area contributed by atoms with Crippen LogP contribution in [0.3, 0.4) is 0 Å². The second-order valence-electron chi connectivity index (χ2n) is 4.85. The van der Waals surface area contributed by atoms with E-state index in [1.165, 1.54) is 0 Å². The van der Waals surface area contributed by atoms with Crippen LogP contribution in [0.5, 0.6) is 0 Å². The Kier molecular flexibility index (Phi) is 11.6. The van der Waals surface area contributed by atoms with Crippen LogP contribution in [-0.2, 0) is 0 Å². The van der Waals surface area contributed by atoms with Crippen molar-refractivity contribution in [2.75, 3.05) is 18.0 Å². The summed E-state index contributed by atoms with van der Waals surface area (Å²) in [5.74, 6) is 0. The molecular weight excluding hydrogens is 364 g/mol. The molecular formula is C17H28BrClN2O. The second kappa shape index (κ2) is 11.9. The van der Waals surface area contributed by atoms with E-state index in [1.54, 1.807) is 0 Å². The van der Waals surface area contributed by atoms with Gasteiger partial charge in [-0.3, -0.25) is 0 Å². The zero-order chi connectivity index (χ0) is 17.1. The molecule has 0 aliphatic heterocycles. The lowest BCUT2D eigenvalue weighted by Gasteiger charge is -2.25. The molecule has 0 N–H and O–H groups in total. The summed E-state index contributed by atoms with van der Waals surface area (Å²) in [5, 5.41) is 3.79. The van der Waals surface area contributed by atoms with Gasteiger partial charge in [-0.1, -0.05) is 51.4 Å². The number of benzene rings is 1. The van der Waals surface area contributed by atoms with E-state index in [1.807, 2.05) is 32.9 Å². The third-order valence-electron chi connectivity index (χ3n) is 3.27. The van der Waals surface area contributed by atoms with Crippen LogP contribution in [0.15, 0.2) is 21.8 Å². The van der Waals surface area contributed by atoms with E-state index < -0.39 is 0 Å². The lowest BCUT2D eigenvalue weighted by atomic mass is 10.0.